The molecule has 202 valence electrons. The van der Waals surface area contributed by atoms with Gasteiger partial charge in [-0.2, -0.15) is 0 Å². The SMILES string of the molecule is O=C1CCN(N2Cc3cc(CN4CCC(c5ncnc6scc(-c7ccccc7)c56)CC4)ccc3C2=O)C(=O)N1. The number of carbonyl (C=O) groups is 3. The summed E-state index contributed by atoms with van der Waals surface area (Å²) in [5.74, 6) is -0.133. The molecule has 4 amide bonds. The van der Waals surface area contributed by atoms with Gasteiger partial charge in [-0.3, -0.25) is 19.8 Å². The number of nitrogens with one attached hydrogen (secondary N) is 1. The smallest absolute Gasteiger partial charge is 0.299 e. The summed E-state index contributed by atoms with van der Waals surface area (Å²) in [7, 11) is 0. The van der Waals surface area contributed by atoms with Gasteiger partial charge in [-0.25, -0.2) is 24.8 Å². The molecule has 2 aromatic carbocycles. The van der Waals surface area contributed by atoms with E-state index in [0.29, 0.717) is 18.0 Å². The van der Waals surface area contributed by atoms with Gasteiger partial charge in [0.25, 0.3) is 5.91 Å². The minimum absolute atomic E-state index is 0.188. The first-order valence-electron chi connectivity index (χ1n) is 13.6. The molecule has 4 aromatic rings. The second-order valence-corrected chi connectivity index (χ2v) is 11.4. The lowest BCUT2D eigenvalue weighted by Crippen LogP contribution is -2.56. The number of likely N-dealkylation sites (tertiary alicyclic amines) is 1. The van der Waals surface area contributed by atoms with E-state index in [1.165, 1.54) is 26.5 Å². The molecule has 0 spiro atoms. The third-order valence-corrected chi connectivity index (χ3v) is 9.03. The Balaban J connectivity index is 1.03. The predicted molar refractivity (Wildman–Crippen MR) is 151 cm³/mol. The summed E-state index contributed by atoms with van der Waals surface area (Å²) in [6.07, 6.45) is 3.94. The lowest BCUT2D eigenvalue weighted by molar-refractivity contribution is -0.123. The maximum absolute atomic E-state index is 13.0. The molecule has 10 heteroatoms. The van der Waals surface area contributed by atoms with Gasteiger partial charge in [0.05, 0.1) is 18.8 Å². The molecular weight excluding hydrogens is 524 g/mol. The zero-order valence-electron chi connectivity index (χ0n) is 21.9. The van der Waals surface area contributed by atoms with Crippen LogP contribution < -0.4 is 5.32 Å². The summed E-state index contributed by atoms with van der Waals surface area (Å²) >= 11 is 1.68. The number of urea groups is 1. The van der Waals surface area contributed by atoms with Crippen LogP contribution in [-0.2, 0) is 17.9 Å². The summed E-state index contributed by atoms with van der Waals surface area (Å²) in [6.45, 7) is 3.28. The molecule has 3 aliphatic heterocycles. The number of hydrogen-bond donors (Lipinski definition) is 1. The van der Waals surface area contributed by atoms with Crippen LogP contribution in [0, 0.1) is 0 Å². The van der Waals surface area contributed by atoms with Crippen molar-refractivity contribution in [3.05, 3.63) is 82.6 Å². The van der Waals surface area contributed by atoms with Crippen molar-refractivity contribution in [2.75, 3.05) is 19.6 Å². The minimum atomic E-state index is -0.542. The first-order valence-corrected chi connectivity index (χ1v) is 14.5. The molecule has 0 saturated carbocycles. The molecule has 2 aromatic heterocycles. The van der Waals surface area contributed by atoms with Crippen LogP contribution in [0.4, 0.5) is 4.79 Å². The molecule has 1 N–H and O–H groups in total. The average molecular weight is 553 g/mol. The van der Waals surface area contributed by atoms with E-state index in [1.54, 1.807) is 17.7 Å². The van der Waals surface area contributed by atoms with Crippen molar-refractivity contribution in [3.63, 3.8) is 0 Å². The van der Waals surface area contributed by atoms with E-state index in [-0.39, 0.29) is 24.8 Å². The van der Waals surface area contributed by atoms with Crippen molar-refractivity contribution < 1.29 is 14.4 Å². The Hall–Kier alpha value is -4.15. The number of piperidine rings is 1. The third-order valence-electron chi connectivity index (χ3n) is 8.14. The number of benzene rings is 2. The fourth-order valence-corrected chi connectivity index (χ4v) is 7.02. The Morgan fingerprint density at radius 1 is 0.925 bits per heavy atom. The molecule has 0 atom stereocenters. The van der Waals surface area contributed by atoms with E-state index in [9.17, 15) is 14.4 Å². The van der Waals surface area contributed by atoms with Gasteiger partial charge in [-0.15, -0.1) is 11.3 Å². The molecule has 0 aliphatic carbocycles. The third kappa shape index (κ3) is 4.43. The Bertz CT molecular complexity index is 1630. The number of hydrazine groups is 1. The Kier molecular flexibility index (Phi) is 6.28. The summed E-state index contributed by atoms with van der Waals surface area (Å²) in [5.41, 5.74) is 6.25. The van der Waals surface area contributed by atoms with Crippen LogP contribution in [0.3, 0.4) is 0 Å². The van der Waals surface area contributed by atoms with Crippen LogP contribution in [0.2, 0.25) is 0 Å². The molecule has 0 bridgehead atoms. The van der Waals surface area contributed by atoms with Gasteiger partial charge in [0, 0.05) is 40.8 Å². The molecular formula is C30H28N6O3S. The number of amides is 4. The largest absolute Gasteiger partial charge is 0.342 e. The second-order valence-electron chi connectivity index (χ2n) is 10.6. The lowest BCUT2D eigenvalue weighted by Gasteiger charge is -2.33. The topological polar surface area (TPSA) is 98.7 Å². The fraction of sp³-hybridized carbons (Fsp3) is 0.300. The van der Waals surface area contributed by atoms with E-state index in [0.717, 1.165) is 54.1 Å². The molecule has 5 heterocycles. The number of carbonyl (C=O) groups excluding carboxylic acids is 3. The molecule has 2 fully saturated rings. The van der Waals surface area contributed by atoms with Crippen LogP contribution in [0.25, 0.3) is 21.3 Å². The molecule has 0 radical (unpaired) electrons. The van der Waals surface area contributed by atoms with Crippen molar-refractivity contribution in [3.8, 4) is 11.1 Å². The fourth-order valence-electron chi connectivity index (χ4n) is 6.10. The molecule has 9 nitrogen and oxygen atoms in total. The lowest BCUT2D eigenvalue weighted by atomic mass is 9.90. The van der Waals surface area contributed by atoms with Crippen LogP contribution in [-0.4, -0.2) is 62.4 Å². The van der Waals surface area contributed by atoms with E-state index in [4.69, 9.17) is 4.98 Å². The number of fused-ring (bicyclic) bond motifs is 2. The Labute approximate surface area is 235 Å². The first-order chi connectivity index (χ1) is 19.5. The van der Waals surface area contributed by atoms with Gasteiger partial charge in [0.1, 0.15) is 11.2 Å². The predicted octanol–water partition coefficient (Wildman–Crippen LogP) is 4.55. The normalized spacial score (nSPS) is 18.4. The Morgan fingerprint density at radius 2 is 1.75 bits per heavy atom. The highest BCUT2D eigenvalue weighted by Gasteiger charge is 2.37. The number of thiophene rings is 1. The summed E-state index contributed by atoms with van der Waals surface area (Å²) in [5, 5.41) is 8.47. The van der Waals surface area contributed by atoms with Gasteiger partial charge in [-0.1, -0.05) is 42.5 Å². The van der Waals surface area contributed by atoms with Crippen molar-refractivity contribution in [1.29, 1.82) is 0 Å². The van der Waals surface area contributed by atoms with Crippen LogP contribution in [0.15, 0.2) is 60.2 Å². The van der Waals surface area contributed by atoms with E-state index < -0.39 is 6.03 Å². The molecule has 2 saturated heterocycles. The van der Waals surface area contributed by atoms with Gasteiger partial charge < -0.3 is 0 Å². The van der Waals surface area contributed by atoms with E-state index >= 15 is 0 Å². The van der Waals surface area contributed by atoms with Crippen LogP contribution >= 0.6 is 11.3 Å². The summed E-state index contributed by atoms with van der Waals surface area (Å²) in [6, 6.07) is 15.9. The zero-order valence-corrected chi connectivity index (χ0v) is 22.7. The minimum Gasteiger partial charge on any atom is -0.299 e. The zero-order chi connectivity index (χ0) is 27.2. The maximum atomic E-state index is 13.0. The number of hydrogen-bond acceptors (Lipinski definition) is 7. The van der Waals surface area contributed by atoms with Crippen LogP contribution in [0.1, 0.15) is 52.4 Å². The average Bonchev–Trinajstić information content (AvgIpc) is 3.55. The van der Waals surface area contributed by atoms with E-state index in [1.807, 2.05) is 18.2 Å². The number of rotatable bonds is 5. The van der Waals surface area contributed by atoms with Gasteiger partial charge in [0.15, 0.2) is 0 Å². The highest BCUT2D eigenvalue weighted by Crippen LogP contribution is 2.39. The maximum Gasteiger partial charge on any atom is 0.342 e. The standard InChI is InChI=1S/C30H28N6O3S/c37-25-10-13-35(30(39)33-25)36-16-22-14-19(6-7-23(22)29(36)38)15-34-11-8-21(9-12-34)27-26-24(20-4-2-1-3-5-20)17-40-28(26)32-18-31-27/h1-7,14,17-18,21H,8-13,15-16H2,(H,33,37,39). The van der Waals surface area contributed by atoms with Crippen molar-refractivity contribution in [2.45, 2.75) is 38.3 Å². The summed E-state index contributed by atoms with van der Waals surface area (Å²) < 4.78 is 0. The first kappa shape index (κ1) is 24.9. The Morgan fingerprint density at radius 3 is 2.55 bits per heavy atom. The van der Waals surface area contributed by atoms with Gasteiger partial charge in [-0.05, 0) is 48.7 Å². The van der Waals surface area contributed by atoms with Gasteiger partial charge >= 0.3 is 6.03 Å². The van der Waals surface area contributed by atoms with Gasteiger partial charge in [0.2, 0.25) is 5.91 Å². The van der Waals surface area contributed by atoms with Crippen molar-refractivity contribution >= 4 is 39.4 Å². The second kappa shape index (κ2) is 10.1. The number of imide groups is 1. The van der Waals surface area contributed by atoms with E-state index in [2.05, 4.69) is 50.9 Å². The number of nitrogens with zero attached hydrogens (tertiary/aromatic N) is 5. The highest BCUT2D eigenvalue weighted by atomic mass is 32.1. The molecule has 0 unspecified atom stereocenters. The quantitative estimate of drug-likeness (QED) is 0.390. The van der Waals surface area contributed by atoms with Crippen molar-refractivity contribution in [2.24, 2.45) is 0 Å². The molecule has 40 heavy (non-hydrogen) atoms. The number of aromatic nitrogens is 2. The highest BCUT2D eigenvalue weighted by molar-refractivity contribution is 7.17. The van der Waals surface area contributed by atoms with Crippen LogP contribution in [0.5, 0.6) is 0 Å². The molecule has 3 aliphatic rings. The van der Waals surface area contributed by atoms with Crippen molar-refractivity contribution in [1.82, 2.24) is 30.2 Å². The summed E-state index contributed by atoms with van der Waals surface area (Å²) in [4.78, 5) is 49.6. The monoisotopic (exact) mass is 552 g/mol. The molecule has 7 rings (SSSR count).